The maximum Gasteiger partial charge on any atom is 0.332 e. The SMILES string of the molecule is COCCO[C@@H](Cn1c(=O)n(CCN2CCCCC2=O)c(=O)c2c(C)c(-n3nccn3)sc21)c1cc(F)ccc1OC. The van der Waals surface area contributed by atoms with Crippen molar-refractivity contribution in [1.82, 2.24) is 29.0 Å². The van der Waals surface area contributed by atoms with E-state index in [1.54, 1.807) is 11.8 Å². The molecule has 0 saturated carbocycles. The van der Waals surface area contributed by atoms with Gasteiger partial charge in [-0.1, -0.05) is 11.3 Å². The number of nitrogens with zero attached hydrogens (tertiary/aromatic N) is 6. The Balaban J connectivity index is 1.65. The number of likely N-dealkylation sites (tertiary alicyclic amines) is 1. The van der Waals surface area contributed by atoms with Gasteiger partial charge in [0, 0.05) is 44.3 Å². The van der Waals surface area contributed by atoms with E-state index in [9.17, 15) is 18.8 Å². The lowest BCUT2D eigenvalue weighted by Crippen LogP contribution is -2.45. The van der Waals surface area contributed by atoms with Gasteiger partial charge in [-0.15, -0.1) is 4.80 Å². The summed E-state index contributed by atoms with van der Waals surface area (Å²) in [5, 5.41) is 9.38. The minimum atomic E-state index is -0.824. The van der Waals surface area contributed by atoms with E-state index in [1.165, 1.54) is 70.1 Å². The quantitative estimate of drug-likeness (QED) is 0.228. The van der Waals surface area contributed by atoms with Crippen LogP contribution in [0.4, 0.5) is 4.39 Å². The number of halogens is 1. The third kappa shape index (κ3) is 5.87. The monoisotopic (exact) mass is 600 g/mol. The predicted octanol–water partition coefficient (Wildman–Crippen LogP) is 2.68. The van der Waals surface area contributed by atoms with E-state index in [0.717, 1.165) is 12.8 Å². The highest BCUT2D eigenvalue weighted by atomic mass is 32.1. The van der Waals surface area contributed by atoms with Crippen LogP contribution in [0.2, 0.25) is 0 Å². The fraction of sp³-hybridized carbons (Fsp3) is 0.464. The average Bonchev–Trinajstić information content (AvgIpc) is 3.63. The number of carbonyl (C=O) groups excluding carboxylic acids is 1. The first kappa shape index (κ1) is 29.6. The molecule has 42 heavy (non-hydrogen) atoms. The molecule has 12 nitrogen and oxygen atoms in total. The maximum atomic E-state index is 14.4. The van der Waals surface area contributed by atoms with Crippen LogP contribution < -0.4 is 16.0 Å². The molecule has 0 radical (unpaired) electrons. The van der Waals surface area contributed by atoms with Crippen LogP contribution in [0.3, 0.4) is 0 Å². The van der Waals surface area contributed by atoms with E-state index in [4.69, 9.17) is 14.2 Å². The van der Waals surface area contributed by atoms with Crippen molar-refractivity contribution in [3.05, 3.63) is 68.4 Å². The van der Waals surface area contributed by atoms with Gasteiger partial charge in [-0.2, -0.15) is 10.2 Å². The standard InChI is InChI=1S/C28H33FN6O6S/c1-18-24-25(37)33(13-12-32-11-5-4-6-23(32)36)28(38)34(27(24)42-26(18)35-30-9-10-31-35)17-22(41-15-14-39-2)20-16-19(29)7-8-21(20)40-3/h7-10,16,22H,4-6,11-15,17H2,1-3H3/t22-/m0/s1. The van der Waals surface area contributed by atoms with Crippen molar-refractivity contribution in [2.24, 2.45) is 0 Å². The zero-order chi connectivity index (χ0) is 29.8. The number of carbonyl (C=O) groups is 1. The molecule has 14 heteroatoms. The molecule has 4 aromatic rings. The first-order chi connectivity index (χ1) is 20.3. The van der Waals surface area contributed by atoms with Gasteiger partial charge in [0.25, 0.3) is 5.56 Å². The first-order valence-corrected chi connectivity index (χ1v) is 14.5. The van der Waals surface area contributed by atoms with Gasteiger partial charge in [0.2, 0.25) is 5.91 Å². The number of benzene rings is 1. The number of aryl methyl sites for hydroxylation is 1. The first-order valence-electron chi connectivity index (χ1n) is 13.7. The van der Waals surface area contributed by atoms with Crippen LogP contribution >= 0.6 is 11.3 Å². The van der Waals surface area contributed by atoms with Crippen LogP contribution in [-0.2, 0) is 27.4 Å². The second kappa shape index (κ2) is 13.0. The predicted molar refractivity (Wildman–Crippen MR) is 154 cm³/mol. The summed E-state index contributed by atoms with van der Waals surface area (Å²) in [5.41, 5.74) is 0.0115. The normalized spacial score (nSPS) is 14.6. The molecule has 1 aromatic carbocycles. The molecular weight excluding hydrogens is 567 g/mol. The Labute approximate surface area is 244 Å². The zero-order valence-corrected chi connectivity index (χ0v) is 24.6. The van der Waals surface area contributed by atoms with Crippen molar-refractivity contribution < 1.29 is 23.4 Å². The zero-order valence-electron chi connectivity index (χ0n) is 23.7. The van der Waals surface area contributed by atoms with Crippen molar-refractivity contribution in [3.8, 4) is 10.8 Å². The molecule has 4 heterocycles. The number of rotatable bonds is 12. The number of aromatic nitrogens is 5. The molecule has 0 aliphatic carbocycles. The van der Waals surface area contributed by atoms with Crippen molar-refractivity contribution in [1.29, 1.82) is 0 Å². The average molecular weight is 601 g/mol. The Bertz CT molecular complexity index is 1680. The lowest BCUT2D eigenvalue weighted by molar-refractivity contribution is -0.133. The van der Waals surface area contributed by atoms with Crippen LogP contribution in [0.1, 0.15) is 36.5 Å². The van der Waals surface area contributed by atoms with Gasteiger partial charge in [0.15, 0.2) is 0 Å². The Morgan fingerprint density at radius 2 is 1.83 bits per heavy atom. The minimum Gasteiger partial charge on any atom is -0.496 e. The molecule has 5 rings (SSSR count). The van der Waals surface area contributed by atoms with Crippen molar-refractivity contribution in [2.75, 3.05) is 40.5 Å². The van der Waals surface area contributed by atoms with Gasteiger partial charge in [-0.25, -0.2) is 9.18 Å². The molecule has 1 aliphatic rings. The van der Waals surface area contributed by atoms with Gasteiger partial charge in [0.05, 0.1) is 44.6 Å². The smallest absolute Gasteiger partial charge is 0.332 e. The molecule has 1 amide bonds. The maximum absolute atomic E-state index is 14.4. The molecule has 0 bridgehead atoms. The summed E-state index contributed by atoms with van der Waals surface area (Å²) in [6, 6.07) is 4.10. The number of fused-ring (bicyclic) bond motifs is 1. The Kier molecular flexibility index (Phi) is 9.14. The van der Waals surface area contributed by atoms with Crippen LogP contribution in [0.15, 0.2) is 40.2 Å². The lowest BCUT2D eigenvalue weighted by atomic mass is 10.1. The molecule has 1 fully saturated rings. The Hall–Kier alpha value is -3.88. The van der Waals surface area contributed by atoms with Crippen molar-refractivity contribution >= 4 is 27.5 Å². The van der Waals surface area contributed by atoms with Gasteiger partial charge < -0.3 is 19.1 Å². The Morgan fingerprint density at radius 1 is 1.05 bits per heavy atom. The van der Waals surface area contributed by atoms with Crippen molar-refractivity contribution in [3.63, 3.8) is 0 Å². The number of methoxy groups -OCH3 is 2. The summed E-state index contributed by atoms with van der Waals surface area (Å²) < 4.78 is 33.9. The van der Waals surface area contributed by atoms with Crippen molar-refractivity contribution in [2.45, 2.75) is 45.4 Å². The molecule has 3 aromatic heterocycles. The fourth-order valence-corrected chi connectivity index (χ4v) is 6.43. The number of hydrogen-bond acceptors (Lipinski definition) is 9. The third-order valence-electron chi connectivity index (χ3n) is 7.38. The highest BCUT2D eigenvalue weighted by Crippen LogP contribution is 2.34. The highest BCUT2D eigenvalue weighted by molar-refractivity contribution is 7.21. The summed E-state index contributed by atoms with van der Waals surface area (Å²) in [6.07, 6.45) is 4.40. The van der Waals surface area contributed by atoms with Crippen LogP contribution in [0.25, 0.3) is 15.2 Å². The molecule has 224 valence electrons. The summed E-state index contributed by atoms with van der Waals surface area (Å²) in [5.74, 6) is -0.0816. The summed E-state index contributed by atoms with van der Waals surface area (Å²) in [7, 11) is 3.01. The topological polar surface area (TPSA) is 123 Å². The summed E-state index contributed by atoms with van der Waals surface area (Å²) >= 11 is 1.21. The molecule has 0 N–H and O–H groups in total. The molecule has 1 saturated heterocycles. The van der Waals surface area contributed by atoms with Gasteiger partial charge in [-0.3, -0.25) is 18.7 Å². The fourth-order valence-electron chi connectivity index (χ4n) is 5.21. The lowest BCUT2D eigenvalue weighted by Gasteiger charge is -2.27. The van der Waals surface area contributed by atoms with E-state index in [-0.39, 0.29) is 38.8 Å². The van der Waals surface area contributed by atoms with Crippen LogP contribution in [-0.4, -0.2) is 75.5 Å². The molecule has 1 aliphatic heterocycles. The van der Waals surface area contributed by atoms with Crippen LogP contribution in [0, 0.1) is 12.7 Å². The summed E-state index contributed by atoms with van der Waals surface area (Å²) in [6.45, 7) is 3.04. The number of piperidine rings is 1. The van der Waals surface area contributed by atoms with E-state index >= 15 is 0 Å². The molecule has 0 unspecified atom stereocenters. The Morgan fingerprint density at radius 3 is 2.55 bits per heavy atom. The van der Waals surface area contributed by atoms with E-state index in [1.807, 2.05) is 0 Å². The highest BCUT2D eigenvalue weighted by Gasteiger charge is 2.26. The molecule has 1 atom stereocenters. The van der Waals surface area contributed by atoms with Gasteiger partial charge in [-0.05, 0) is 38.0 Å². The second-order valence-corrected chi connectivity index (χ2v) is 10.9. The van der Waals surface area contributed by atoms with Crippen LogP contribution in [0.5, 0.6) is 5.75 Å². The number of amides is 1. The molecular formula is C28H33FN6O6S. The second-order valence-electron chi connectivity index (χ2n) is 9.96. The largest absolute Gasteiger partial charge is 0.496 e. The summed E-state index contributed by atoms with van der Waals surface area (Å²) in [4.78, 5) is 43.9. The van der Waals surface area contributed by atoms with E-state index in [2.05, 4.69) is 10.2 Å². The van der Waals surface area contributed by atoms with E-state index < -0.39 is 23.2 Å². The van der Waals surface area contributed by atoms with Gasteiger partial charge >= 0.3 is 5.69 Å². The number of hydrogen-bond donors (Lipinski definition) is 0. The minimum absolute atomic E-state index is 0.0132. The third-order valence-corrected chi connectivity index (χ3v) is 8.66. The van der Waals surface area contributed by atoms with E-state index in [0.29, 0.717) is 45.1 Å². The number of thiophene rings is 1. The van der Waals surface area contributed by atoms with Gasteiger partial charge in [0.1, 0.15) is 27.5 Å². The number of ether oxygens (including phenoxy) is 3. The molecule has 0 spiro atoms.